The molecule has 3 heterocycles. The van der Waals surface area contributed by atoms with Crippen LogP contribution in [0.1, 0.15) is 42.4 Å². The minimum atomic E-state index is -0.977. The highest BCUT2D eigenvalue weighted by atomic mass is 35.5. The lowest BCUT2D eigenvalue weighted by Gasteiger charge is -2.39. The van der Waals surface area contributed by atoms with E-state index in [2.05, 4.69) is 24.3 Å². The van der Waals surface area contributed by atoms with Crippen molar-refractivity contribution in [3.05, 3.63) is 58.1 Å². The number of carbonyl (C=O) groups is 3. The second-order valence-corrected chi connectivity index (χ2v) is 12.6. The molecule has 2 fully saturated rings. The van der Waals surface area contributed by atoms with Gasteiger partial charge in [0.25, 0.3) is 5.91 Å². The molecule has 5 rings (SSSR count). The third-order valence-corrected chi connectivity index (χ3v) is 9.46. The van der Waals surface area contributed by atoms with Crippen LogP contribution in [0.25, 0.3) is 0 Å². The van der Waals surface area contributed by atoms with Gasteiger partial charge in [-0.15, -0.1) is 0 Å². The van der Waals surface area contributed by atoms with Crippen LogP contribution >= 0.6 is 11.6 Å². The van der Waals surface area contributed by atoms with Crippen molar-refractivity contribution in [2.45, 2.75) is 63.6 Å². The molecule has 1 atom stereocenters. The minimum absolute atomic E-state index is 0.0219. The van der Waals surface area contributed by atoms with Gasteiger partial charge in [-0.2, -0.15) is 0 Å². The number of hydrogen-bond acceptors (Lipinski definition) is 6. The predicted molar refractivity (Wildman–Crippen MR) is 168 cm³/mol. The van der Waals surface area contributed by atoms with Gasteiger partial charge < -0.3 is 35.4 Å². The summed E-state index contributed by atoms with van der Waals surface area (Å²) in [4.78, 5) is 47.8. The summed E-state index contributed by atoms with van der Waals surface area (Å²) in [6, 6.07) is 11.8. The molecule has 0 saturated carbocycles. The van der Waals surface area contributed by atoms with Crippen molar-refractivity contribution in [2.24, 2.45) is 0 Å². The molecule has 0 aromatic heterocycles. The van der Waals surface area contributed by atoms with Gasteiger partial charge in [0.1, 0.15) is 0 Å². The number of likely N-dealkylation sites (tertiary alicyclic amines) is 2. The number of urea groups is 1. The number of piperidine rings is 2. The number of nitrogens with one attached hydrogen (secondary N) is 1. The number of amides is 4. The molecule has 3 aliphatic heterocycles. The number of hydrogen-bond donors (Lipinski definition) is 2. The number of para-hydroxylation sites is 1. The van der Waals surface area contributed by atoms with E-state index in [1.165, 1.54) is 0 Å². The average Bonchev–Trinajstić information content (AvgIpc) is 3.17. The molecule has 0 radical (unpaired) electrons. The third kappa shape index (κ3) is 7.18. The van der Waals surface area contributed by atoms with Crippen LogP contribution in [0.2, 0.25) is 5.02 Å². The number of nitrogen functional groups attached to an aromatic ring is 1. The van der Waals surface area contributed by atoms with Crippen LogP contribution in [-0.2, 0) is 22.4 Å². The van der Waals surface area contributed by atoms with Gasteiger partial charge in [0.05, 0.1) is 10.7 Å². The number of nitrogens with zero attached hydrogens (tertiary/aromatic N) is 4. The summed E-state index contributed by atoms with van der Waals surface area (Å²) in [5, 5.41) is 3.46. The van der Waals surface area contributed by atoms with Gasteiger partial charge in [0.15, 0.2) is 6.10 Å². The Morgan fingerprint density at radius 1 is 1.05 bits per heavy atom. The number of anilines is 2. The summed E-state index contributed by atoms with van der Waals surface area (Å²) in [5.74, 6) is -0.188. The molecule has 2 aromatic rings. The fraction of sp³-hybridized carbons (Fsp3) is 0.531. The quantitative estimate of drug-likeness (QED) is 0.470. The van der Waals surface area contributed by atoms with Crippen molar-refractivity contribution < 1.29 is 19.1 Å². The molecule has 4 amide bonds. The average molecular weight is 611 g/mol. The fourth-order valence-electron chi connectivity index (χ4n) is 6.44. The molecule has 0 unspecified atom stereocenters. The van der Waals surface area contributed by atoms with Crippen LogP contribution in [0.4, 0.5) is 21.0 Å². The van der Waals surface area contributed by atoms with E-state index in [1.807, 2.05) is 47.1 Å². The van der Waals surface area contributed by atoms with Gasteiger partial charge >= 0.3 is 12.1 Å². The minimum Gasteiger partial charge on any atom is -0.436 e. The van der Waals surface area contributed by atoms with Crippen molar-refractivity contribution in [1.82, 2.24) is 19.6 Å². The summed E-state index contributed by atoms with van der Waals surface area (Å²) in [6.07, 6.45) is 2.53. The second kappa shape index (κ2) is 13.4. The van der Waals surface area contributed by atoms with Crippen molar-refractivity contribution in [1.29, 1.82) is 0 Å². The number of nitrogens with two attached hydrogens (primary N) is 1. The Hall–Kier alpha value is -3.50. The molecular formula is C32H43ClN6O4. The monoisotopic (exact) mass is 610 g/mol. The molecule has 2 saturated heterocycles. The van der Waals surface area contributed by atoms with Crippen molar-refractivity contribution >= 4 is 41.0 Å². The maximum Gasteiger partial charge on any atom is 0.410 e. The molecule has 3 N–H and O–H groups in total. The number of rotatable bonds is 6. The van der Waals surface area contributed by atoms with E-state index in [4.69, 9.17) is 22.1 Å². The standard InChI is InChI=1S/C32H43ClN6O4/c1-21-18-22(19-26(33)29(21)34)20-28(30(40)37-13-9-24(10-14-37)36(2)3)43-32(42)38-15-11-25(12-16-38)39-17-8-23-6-4-5-7-27(23)35-31(39)41/h4-7,18-19,24-25,28H,8-17,20,34H2,1-3H3,(H,35,41)/t28-/m1/s1. The first-order valence-corrected chi connectivity index (χ1v) is 15.6. The molecule has 2 aromatic carbocycles. The number of aryl methyl sites for hydroxylation is 1. The number of halogens is 1. The smallest absolute Gasteiger partial charge is 0.410 e. The Labute approximate surface area is 259 Å². The normalized spacial score (nSPS) is 19.1. The number of carbonyl (C=O) groups excluding carboxylic acids is 3. The highest BCUT2D eigenvalue weighted by Crippen LogP contribution is 2.28. The maximum atomic E-state index is 13.8. The summed E-state index contributed by atoms with van der Waals surface area (Å²) in [6.45, 7) is 4.62. The van der Waals surface area contributed by atoms with Crippen LogP contribution in [0, 0.1) is 6.92 Å². The van der Waals surface area contributed by atoms with E-state index in [-0.39, 0.29) is 24.4 Å². The van der Waals surface area contributed by atoms with Gasteiger partial charge in [-0.25, -0.2) is 9.59 Å². The Balaban J connectivity index is 1.23. The molecule has 232 valence electrons. The molecule has 11 heteroatoms. The maximum absolute atomic E-state index is 13.8. The number of fused-ring (bicyclic) bond motifs is 1. The van der Waals surface area contributed by atoms with Crippen LogP contribution in [-0.4, -0.2) is 103 Å². The highest BCUT2D eigenvalue weighted by molar-refractivity contribution is 6.33. The second-order valence-electron chi connectivity index (χ2n) is 12.2. The first kappa shape index (κ1) is 30.9. The van der Waals surface area contributed by atoms with Crippen LogP contribution in [0.15, 0.2) is 36.4 Å². The van der Waals surface area contributed by atoms with Crippen molar-refractivity contribution in [3.8, 4) is 0 Å². The van der Waals surface area contributed by atoms with E-state index >= 15 is 0 Å². The number of benzene rings is 2. The lowest BCUT2D eigenvalue weighted by molar-refractivity contribution is -0.142. The Bertz CT molecular complexity index is 1310. The SMILES string of the molecule is Cc1cc(C[C@@H](OC(=O)N2CCC(N3CCc4ccccc4NC3=O)CC2)C(=O)N2CCC(N(C)C)CC2)cc(Cl)c1N. The van der Waals surface area contributed by atoms with Gasteiger partial charge in [-0.3, -0.25) is 4.79 Å². The first-order chi connectivity index (χ1) is 20.6. The Morgan fingerprint density at radius 3 is 2.40 bits per heavy atom. The summed E-state index contributed by atoms with van der Waals surface area (Å²) >= 11 is 6.36. The zero-order valence-electron chi connectivity index (χ0n) is 25.4. The largest absolute Gasteiger partial charge is 0.436 e. The molecule has 3 aliphatic rings. The Morgan fingerprint density at radius 2 is 1.72 bits per heavy atom. The van der Waals surface area contributed by atoms with Gasteiger partial charge in [0.2, 0.25) is 0 Å². The zero-order chi connectivity index (χ0) is 30.7. The van der Waals surface area contributed by atoms with E-state index in [1.54, 1.807) is 11.0 Å². The van der Waals surface area contributed by atoms with E-state index in [9.17, 15) is 14.4 Å². The van der Waals surface area contributed by atoms with Gasteiger partial charge in [-0.1, -0.05) is 35.9 Å². The molecule has 0 spiro atoms. The van der Waals surface area contributed by atoms with E-state index in [0.29, 0.717) is 62.3 Å². The van der Waals surface area contributed by atoms with Crippen LogP contribution in [0.3, 0.4) is 0 Å². The van der Waals surface area contributed by atoms with Crippen LogP contribution in [0.5, 0.6) is 0 Å². The summed E-state index contributed by atoms with van der Waals surface area (Å²) in [5.41, 5.74) is 10.1. The zero-order valence-corrected chi connectivity index (χ0v) is 26.1. The molecule has 10 nitrogen and oxygen atoms in total. The lowest BCUT2D eigenvalue weighted by Crippen LogP contribution is -2.52. The molecule has 0 aliphatic carbocycles. The molecule has 0 bridgehead atoms. The van der Waals surface area contributed by atoms with E-state index < -0.39 is 12.2 Å². The van der Waals surface area contributed by atoms with Crippen molar-refractivity contribution in [2.75, 3.05) is 57.9 Å². The summed E-state index contributed by atoms with van der Waals surface area (Å²) in [7, 11) is 4.11. The predicted octanol–water partition coefficient (Wildman–Crippen LogP) is 4.39. The topological polar surface area (TPSA) is 111 Å². The summed E-state index contributed by atoms with van der Waals surface area (Å²) < 4.78 is 5.98. The highest BCUT2D eigenvalue weighted by Gasteiger charge is 2.35. The molecular weight excluding hydrogens is 568 g/mol. The van der Waals surface area contributed by atoms with Crippen LogP contribution < -0.4 is 11.1 Å². The Kier molecular flexibility index (Phi) is 9.66. The third-order valence-electron chi connectivity index (χ3n) is 9.15. The van der Waals surface area contributed by atoms with Crippen molar-refractivity contribution in [3.63, 3.8) is 0 Å². The fourth-order valence-corrected chi connectivity index (χ4v) is 6.73. The number of ether oxygens (including phenoxy) is 1. The first-order valence-electron chi connectivity index (χ1n) is 15.2. The van der Waals surface area contributed by atoms with E-state index in [0.717, 1.165) is 41.6 Å². The van der Waals surface area contributed by atoms with Gasteiger partial charge in [-0.05, 0) is 81.9 Å². The molecule has 43 heavy (non-hydrogen) atoms. The van der Waals surface area contributed by atoms with Gasteiger partial charge in [0, 0.05) is 56.9 Å². The lowest BCUT2D eigenvalue weighted by atomic mass is 10.0.